The van der Waals surface area contributed by atoms with Crippen LogP contribution in [0.5, 0.6) is 0 Å². The molecule has 0 saturated heterocycles. The maximum atomic E-state index is 11.4. The van der Waals surface area contributed by atoms with Gasteiger partial charge in [0, 0.05) is 51.7 Å². The smallest absolute Gasteiger partial charge is 0.187 e. The standard InChI is InChI=1S/2C13H11NO.Co/c2*15-13-9-5-4-6-11(13)10-14-12-7-2-1-3-8-12;/h2*1-10,14H;. The Morgan fingerprint density at radius 1 is 0.516 bits per heavy atom. The Morgan fingerprint density at radius 2 is 0.871 bits per heavy atom. The van der Waals surface area contributed by atoms with Gasteiger partial charge in [0.15, 0.2) is 11.6 Å². The van der Waals surface area contributed by atoms with Crippen molar-refractivity contribution in [3.05, 3.63) is 133 Å². The fourth-order valence-electron chi connectivity index (χ4n) is 2.59. The zero-order chi connectivity index (χ0) is 21.0. The van der Waals surface area contributed by atoms with E-state index in [0.717, 1.165) is 11.4 Å². The maximum absolute atomic E-state index is 11.4. The molecule has 0 unspecified atom stereocenters. The van der Waals surface area contributed by atoms with Crippen LogP contribution in [0.2, 0.25) is 0 Å². The Morgan fingerprint density at radius 3 is 1.23 bits per heavy atom. The number of anilines is 2. The second-order valence-corrected chi connectivity index (χ2v) is 6.39. The molecule has 157 valence electrons. The summed E-state index contributed by atoms with van der Waals surface area (Å²) in [7, 11) is 0. The van der Waals surface area contributed by atoms with E-state index in [1.54, 1.807) is 48.9 Å². The summed E-state index contributed by atoms with van der Waals surface area (Å²) in [4.78, 5) is 22.7. The molecule has 2 aliphatic carbocycles. The summed E-state index contributed by atoms with van der Waals surface area (Å²) in [5, 5.41) is 6.15. The number of ketones is 2. The third-order valence-electron chi connectivity index (χ3n) is 4.17. The van der Waals surface area contributed by atoms with E-state index in [9.17, 15) is 9.59 Å². The summed E-state index contributed by atoms with van der Waals surface area (Å²) in [5.74, 6) is 0.0573. The third-order valence-corrected chi connectivity index (χ3v) is 4.17. The summed E-state index contributed by atoms with van der Waals surface area (Å²) in [5.41, 5.74) is 3.28. The second-order valence-electron chi connectivity index (χ2n) is 6.39. The van der Waals surface area contributed by atoms with Crippen molar-refractivity contribution in [2.75, 3.05) is 10.6 Å². The van der Waals surface area contributed by atoms with E-state index in [1.807, 2.05) is 72.8 Å². The van der Waals surface area contributed by atoms with Gasteiger partial charge < -0.3 is 10.6 Å². The number of nitrogens with one attached hydrogen (secondary N) is 2. The molecule has 4 rings (SSSR count). The van der Waals surface area contributed by atoms with Crippen LogP contribution in [0.4, 0.5) is 11.4 Å². The summed E-state index contributed by atoms with van der Waals surface area (Å²) in [6.45, 7) is 0. The Labute approximate surface area is 192 Å². The van der Waals surface area contributed by atoms with Gasteiger partial charge in [-0.2, -0.15) is 0 Å². The molecule has 31 heavy (non-hydrogen) atoms. The number of hydrogen-bond donors (Lipinski definition) is 2. The number of carbonyl (C=O) groups excluding carboxylic acids is 2. The fourth-order valence-corrected chi connectivity index (χ4v) is 2.59. The molecule has 4 nitrogen and oxygen atoms in total. The van der Waals surface area contributed by atoms with Gasteiger partial charge in [-0.25, -0.2) is 0 Å². The Balaban J connectivity index is 0.000000213. The number of carbonyl (C=O) groups is 2. The molecule has 0 heterocycles. The van der Waals surface area contributed by atoms with Gasteiger partial charge in [0.1, 0.15) is 0 Å². The molecule has 2 aliphatic rings. The van der Waals surface area contributed by atoms with E-state index in [4.69, 9.17) is 0 Å². The van der Waals surface area contributed by atoms with E-state index in [0.29, 0.717) is 11.1 Å². The molecular weight excluding hydrogens is 431 g/mol. The molecule has 0 atom stereocenters. The maximum Gasteiger partial charge on any atom is 0.187 e. The number of hydrogen-bond acceptors (Lipinski definition) is 4. The van der Waals surface area contributed by atoms with E-state index in [-0.39, 0.29) is 28.3 Å². The predicted octanol–water partition coefficient (Wildman–Crippen LogP) is 5.35. The van der Waals surface area contributed by atoms with Crippen LogP contribution in [0.15, 0.2) is 133 Å². The second kappa shape index (κ2) is 12.8. The minimum Gasteiger partial charge on any atom is -0.361 e. The van der Waals surface area contributed by atoms with E-state index in [1.165, 1.54) is 0 Å². The van der Waals surface area contributed by atoms with Crippen LogP contribution >= 0.6 is 0 Å². The van der Waals surface area contributed by atoms with Gasteiger partial charge in [-0.05, 0) is 48.6 Å². The van der Waals surface area contributed by atoms with Crippen LogP contribution in [0.1, 0.15) is 0 Å². The monoisotopic (exact) mass is 453 g/mol. The van der Waals surface area contributed by atoms with Crippen molar-refractivity contribution >= 4 is 22.9 Å². The first-order chi connectivity index (χ1) is 14.7. The summed E-state index contributed by atoms with van der Waals surface area (Å²) in [6, 6.07) is 19.5. The topological polar surface area (TPSA) is 58.2 Å². The molecule has 5 heteroatoms. The van der Waals surface area contributed by atoms with Gasteiger partial charge >= 0.3 is 0 Å². The van der Waals surface area contributed by atoms with Gasteiger partial charge in [0.05, 0.1) is 0 Å². The Bertz CT molecular complexity index is 976. The zero-order valence-electron chi connectivity index (χ0n) is 16.7. The van der Waals surface area contributed by atoms with E-state index >= 15 is 0 Å². The molecule has 0 bridgehead atoms. The molecule has 0 spiro atoms. The van der Waals surface area contributed by atoms with Crippen LogP contribution in [0.3, 0.4) is 0 Å². The average Bonchev–Trinajstić information content (AvgIpc) is 2.80. The third kappa shape index (κ3) is 7.93. The van der Waals surface area contributed by atoms with Crippen LogP contribution in [-0.4, -0.2) is 11.6 Å². The average molecular weight is 453 g/mol. The van der Waals surface area contributed by atoms with Crippen molar-refractivity contribution in [1.29, 1.82) is 0 Å². The number of para-hydroxylation sites is 2. The Kier molecular flexibility index (Phi) is 9.74. The predicted molar refractivity (Wildman–Crippen MR) is 123 cm³/mol. The molecule has 2 aromatic rings. The minimum atomic E-state index is 0. The van der Waals surface area contributed by atoms with Crippen molar-refractivity contribution in [1.82, 2.24) is 0 Å². The first-order valence-corrected chi connectivity index (χ1v) is 9.54. The molecular formula is C26H22CoN2O2. The van der Waals surface area contributed by atoms with Gasteiger partial charge in [0.2, 0.25) is 0 Å². The molecule has 0 saturated carbocycles. The summed E-state index contributed by atoms with van der Waals surface area (Å²) in [6.07, 6.45) is 17.3. The van der Waals surface area contributed by atoms with Gasteiger partial charge in [-0.15, -0.1) is 0 Å². The normalized spacial score (nSPS) is 16.5. The van der Waals surface area contributed by atoms with Crippen molar-refractivity contribution in [2.45, 2.75) is 0 Å². The Hall–Kier alpha value is -3.67. The molecule has 0 aromatic heterocycles. The van der Waals surface area contributed by atoms with Crippen molar-refractivity contribution in [3.63, 3.8) is 0 Å². The van der Waals surface area contributed by atoms with E-state index < -0.39 is 0 Å². The van der Waals surface area contributed by atoms with Gasteiger partial charge in [-0.1, -0.05) is 60.7 Å². The van der Waals surface area contributed by atoms with Crippen molar-refractivity contribution in [2.24, 2.45) is 0 Å². The number of benzene rings is 2. The molecule has 2 N–H and O–H groups in total. The van der Waals surface area contributed by atoms with Crippen molar-refractivity contribution < 1.29 is 26.4 Å². The van der Waals surface area contributed by atoms with Crippen LogP contribution < -0.4 is 10.6 Å². The largest absolute Gasteiger partial charge is 0.361 e. The fraction of sp³-hybridized carbons (Fsp3) is 0. The van der Waals surface area contributed by atoms with Crippen LogP contribution in [0, 0.1) is 0 Å². The molecule has 0 amide bonds. The van der Waals surface area contributed by atoms with E-state index in [2.05, 4.69) is 10.6 Å². The van der Waals surface area contributed by atoms with Crippen molar-refractivity contribution in [3.8, 4) is 0 Å². The minimum absolute atomic E-state index is 0. The van der Waals surface area contributed by atoms with Gasteiger partial charge in [0.25, 0.3) is 0 Å². The zero-order valence-corrected chi connectivity index (χ0v) is 17.7. The van der Waals surface area contributed by atoms with Gasteiger partial charge in [-0.3, -0.25) is 9.59 Å². The first-order valence-electron chi connectivity index (χ1n) is 9.54. The van der Waals surface area contributed by atoms with Crippen LogP contribution in [0.25, 0.3) is 0 Å². The molecule has 0 aliphatic heterocycles. The quantitative estimate of drug-likeness (QED) is 0.613. The SMILES string of the molecule is O=C1C=CC=CC1=CNc1ccccc1.O=C1C=CC=CC1=CNc1ccccc1.[Co]. The molecule has 0 fully saturated rings. The molecule has 1 radical (unpaired) electrons. The number of allylic oxidation sites excluding steroid dienone is 10. The summed E-state index contributed by atoms with van der Waals surface area (Å²) >= 11 is 0. The first kappa shape index (κ1) is 23.6. The van der Waals surface area contributed by atoms with Crippen LogP contribution in [-0.2, 0) is 26.4 Å². The number of rotatable bonds is 4. The summed E-state index contributed by atoms with van der Waals surface area (Å²) < 4.78 is 0. The molecule has 2 aromatic carbocycles.